The van der Waals surface area contributed by atoms with Crippen molar-refractivity contribution in [3.8, 4) is 0 Å². The lowest BCUT2D eigenvalue weighted by Crippen LogP contribution is -2.02. The highest BCUT2D eigenvalue weighted by Crippen LogP contribution is 2.27. The molecule has 0 saturated carbocycles. The Bertz CT molecular complexity index is 567. The number of rotatable bonds is 3. The Morgan fingerprint density at radius 2 is 2.24 bits per heavy atom. The molecule has 0 aliphatic carbocycles. The number of aromatic nitrogens is 2. The summed E-state index contributed by atoms with van der Waals surface area (Å²) in [6.45, 7) is 0. The SMILES string of the molecule is Cn1nccc1Nc1ccc(F)cc1[N+](=O)[O-]. The van der Waals surface area contributed by atoms with Crippen LogP contribution in [-0.4, -0.2) is 14.7 Å². The molecule has 88 valence electrons. The van der Waals surface area contributed by atoms with E-state index in [1.165, 1.54) is 10.7 Å². The second-order valence-corrected chi connectivity index (χ2v) is 3.38. The van der Waals surface area contributed by atoms with Crippen LogP contribution in [0.4, 0.5) is 21.6 Å². The van der Waals surface area contributed by atoms with Crippen molar-refractivity contribution in [2.45, 2.75) is 0 Å². The van der Waals surface area contributed by atoms with Gasteiger partial charge in [0.25, 0.3) is 5.69 Å². The van der Waals surface area contributed by atoms with Crippen LogP contribution < -0.4 is 5.32 Å². The summed E-state index contributed by atoms with van der Waals surface area (Å²) in [6.07, 6.45) is 1.55. The van der Waals surface area contributed by atoms with Gasteiger partial charge in [-0.1, -0.05) is 0 Å². The smallest absolute Gasteiger partial charge is 0.295 e. The number of hydrogen-bond donors (Lipinski definition) is 1. The first-order chi connectivity index (χ1) is 8.08. The van der Waals surface area contributed by atoms with E-state index in [-0.39, 0.29) is 11.4 Å². The van der Waals surface area contributed by atoms with Crippen LogP contribution in [0.1, 0.15) is 0 Å². The normalized spacial score (nSPS) is 10.2. The number of nitrogens with one attached hydrogen (secondary N) is 1. The third kappa shape index (κ3) is 2.22. The van der Waals surface area contributed by atoms with Gasteiger partial charge in [-0.25, -0.2) is 4.39 Å². The van der Waals surface area contributed by atoms with Gasteiger partial charge in [0.2, 0.25) is 0 Å². The Morgan fingerprint density at radius 1 is 1.47 bits per heavy atom. The van der Waals surface area contributed by atoms with Gasteiger partial charge in [0.15, 0.2) is 0 Å². The van der Waals surface area contributed by atoms with E-state index in [0.717, 1.165) is 12.1 Å². The molecule has 0 bridgehead atoms. The molecule has 0 saturated heterocycles. The van der Waals surface area contributed by atoms with Gasteiger partial charge in [0, 0.05) is 13.1 Å². The Labute approximate surface area is 95.8 Å². The van der Waals surface area contributed by atoms with Crippen LogP contribution in [0.5, 0.6) is 0 Å². The first-order valence-electron chi connectivity index (χ1n) is 4.77. The molecule has 0 spiro atoms. The minimum atomic E-state index is -0.646. The fourth-order valence-electron chi connectivity index (χ4n) is 1.40. The topological polar surface area (TPSA) is 73.0 Å². The summed E-state index contributed by atoms with van der Waals surface area (Å²) in [4.78, 5) is 10.1. The van der Waals surface area contributed by atoms with Crippen LogP contribution >= 0.6 is 0 Å². The number of halogens is 1. The third-order valence-electron chi connectivity index (χ3n) is 2.24. The van der Waals surface area contributed by atoms with Crippen molar-refractivity contribution >= 4 is 17.2 Å². The van der Waals surface area contributed by atoms with Gasteiger partial charge >= 0.3 is 0 Å². The minimum Gasteiger partial charge on any atom is -0.335 e. The molecule has 0 amide bonds. The molecule has 2 rings (SSSR count). The number of nitro groups is 1. The third-order valence-corrected chi connectivity index (χ3v) is 2.24. The van der Waals surface area contributed by atoms with Crippen LogP contribution in [0.15, 0.2) is 30.5 Å². The largest absolute Gasteiger partial charge is 0.335 e. The van der Waals surface area contributed by atoms with Gasteiger partial charge in [-0.15, -0.1) is 0 Å². The fraction of sp³-hybridized carbons (Fsp3) is 0.100. The summed E-state index contributed by atoms with van der Waals surface area (Å²) in [7, 11) is 1.69. The van der Waals surface area contributed by atoms with E-state index in [1.54, 1.807) is 19.3 Å². The van der Waals surface area contributed by atoms with E-state index in [2.05, 4.69) is 10.4 Å². The molecular formula is C10H9FN4O2. The van der Waals surface area contributed by atoms with Gasteiger partial charge < -0.3 is 5.32 Å². The van der Waals surface area contributed by atoms with E-state index in [0.29, 0.717) is 5.82 Å². The maximum Gasteiger partial charge on any atom is 0.295 e. The number of benzene rings is 1. The van der Waals surface area contributed by atoms with E-state index >= 15 is 0 Å². The molecule has 0 unspecified atom stereocenters. The van der Waals surface area contributed by atoms with Crippen LogP contribution in [-0.2, 0) is 7.05 Å². The molecule has 6 nitrogen and oxygen atoms in total. The van der Waals surface area contributed by atoms with Crippen molar-refractivity contribution in [2.75, 3.05) is 5.32 Å². The number of anilines is 2. The Balaban J connectivity index is 2.39. The summed E-state index contributed by atoms with van der Waals surface area (Å²) < 4.78 is 14.4. The van der Waals surface area contributed by atoms with Crippen molar-refractivity contribution in [1.82, 2.24) is 9.78 Å². The molecule has 7 heteroatoms. The average Bonchev–Trinajstić information content (AvgIpc) is 2.67. The highest BCUT2D eigenvalue weighted by molar-refractivity contribution is 5.67. The summed E-state index contributed by atoms with van der Waals surface area (Å²) in [6, 6.07) is 5.01. The summed E-state index contributed by atoms with van der Waals surface area (Å²) in [5.41, 5.74) is -0.0915. The molecule has 0 aliphatic rings. The van der Waals surface area contributed by atoms with E-state index < -0.39 is 10.7 Å². The van der Waals surface area contributed by atoms with Crippen molar-refractivity contribution in [3.63, 3.8) is 0 Å². The number of nitro benzene ring substituents is 1. The van der Waals surface area contributed by atoms with E-state index in [1.807, 2.05) is 0 Å². The standard InChI is InChI=1S/C10H9FN4O2/c1-14-10(4-5-12-14)13-8-3-2-7(11)6-9(8)15(16)17/h2-6,13H,1H3. The van der Waals surface area contributed by atoms with Gasteiger partial charge in [0.1, 0.15) is 17.3 Å². The molecular weight excluding hydrogens is 227 g/mol. The maximum absolute atomic E-state index is 12.9. The number of hydrogen-bond acceptors (Lipinski definition) is 4. The second-order valence-electron chi connectivity index (χ2n) is 3.38. The molecule has 0 aliphatic heterocycles. The van der Waals surface area contributed by atoms with Crippen molar-refractivity contribution in [1.29, 1.82) is 0 Å². The van der Waals surface area contributed by atoms with Gasteiger partial charge in [-0.2, -0.15) is 5.10 Å². The maximum atomic E-state index is 12.9. The van der Waals surface area contributed by atoms with Crippen molar-refractivity contribution < 1.29 is 9.31 Å². The number of nitrogens with zero attached hydrogens (tertiary/aromatic N) is 3. The first-order valence-corrected chi connectivity index (χ1v) is 4.77. The van der Waals surface area contributed by atoms with E-state index in [4.69, 9.17) is 0 Å². The lowest BCUT2D eigenvalue weighted by molar-refractivity contribution is -0.384. The predicted octanol–water partition coefficient (Wildman–Crippen LogP) is 2.21. The van der Waals surface area contributed by atoms with Gasteiger partial charge in [-0.3, -0.25) is 14.8 Å². The van der Waals surface area contributed by atoms with Crippen LogP contribution in [0.25, 0.3) is 0 Å². The molecule has 1 aromatic carbocycles. The van der Waals surface area contributed by atoms with Crippen LogP contribution in [0.3, 0.4) is 0 Å². The number of aryl methyl sites for hydroxylation is 1. The Hall–Kier alpha value is -2.44. The van der Waals surface area contributed by atoms with Crippen molar-refractivity contribution in [2.24, 2.45) is 7.05 Å². The zero-order chi connectivity index (χ0) is 12.4. The highest BCUT2D eigenvalue weighted by atomic mass is 19.1. The van der Waals surface area contributed by atoms with Gasteiger partial charge in [0.05, 0.1) is 17.2 Å². The monoisotopic (exact) mass is 236 g/mol. The van der Waals surface area contributed by atoms with E-state index in [9.17, 15) is 14.5 Å². The lowest BCUT2D eigenvalue weighted by atomic mass is 10.2. The molecule has 1 heterocycles. The summed E-state index contributed by atoms with van der Waals surface area (Å²) in [5.74, 6) is -0.0630. The predicted molar refractivity (Wildman–Crippen MR) is 59.5 cm³/mol. The molecule has 2 aromatic rings. The van der Waals surface area contributed by atoms with Crippen LogP contribution in [0, 0.1) is 15.9 Å². The quantitative estimate of drug-likeness (QED) is 0.655. The summed E-state index contributed by atoms with van der Waals surface area (Å²) in [5, 5.41) is 17.5. The average molecular weight is 236 g/mol. The molecule has 0 atom stereocenters. The highest BCUT2D eigenvalue weighted by Gasteiger charge is 2.15. The molecule has 0 fully saturated rings. The molecule has 0 radical (unpaired) electrons. The zero-order valence-corrected chi connectivity index (χ0v) is 8.92. The fourth-order valence-corrected chi connectivity index (χ4v) is 1.40. The Kier molecular flexibility index (Phi) is 2.73. The second kappa shape index (κ2) is 4.20. The van der Waals surface area contributed by atoms with Crippen molar-refractivity contribution in [3.05, 3.63) is 46.4 Å². The Morgan fingerprint density at radius 3 is 2.82 bits per heavy atom. The summed E-state index contributed by atoms with van der Waals surface area (Å²) >= 11 is 0. The molecule has 17 heavy (non-hydrogen) atoms. The molecule has 1 N–H and O–H groups in total. The lowest BCUT2D eigenvalue weighted by Gasteiger charge is -2.06. The minimum absolute atomic E-state index is 0.222. The van der Waals surface area contributed by atoms with Crippen LogP contribution in [0.2, 0.25) is 0 Å². The zero-order valence-electron chi connectivity index (χ0n) is 8.92. The first kappa shape index (κ1) is 11.1. The van der Waals surface area contributed by atoms with Gasteiger partial charge in [-0.05, 0) is 12.1 Å². The molecule has 1 aromatic heterocycles.